The molecular formula is C11H13NaO4S. The Hall–Kier alpha value is -0.490. The van der Waals surface area contributed by atoms with Crippen LogP contribution >= 0.6 is 12.0 Å². The predicted octanol–water partition coefficient (Wildman–Crippen LogP) is -0.284. The Morgan fingerprint density at radius 3 is 2.65 bits per heavy atom. The summed E-state index contributed by atoms with van der Waals surface area (Å²) in [5.74, 6) is -0.845. The van der Waals surface area contributed by atoms with Gasteiger partial charge in [0, 0.05) is 5.75 Å². The Labute approximate surface area is 128 Å². The van der Waals surface area contributed by atoms with Crippen LogP contribution in [-0.4, -0.2) is 22.8 Å². The Kier molecular flexibility index (Phi) is 8.33. The number of carbonyl (C=O) groups excluding carboxylic acids is 1. The summed E-state index contributed by atoms with van der Waals surface area (Å²) in [6.45, 7) is 1.98. The summed E-state index contributed by atoms with van der Waals surface area (Å²) in [6, 6.07) is 5.78. The minimum absolute atomic E-state index is 0. The third kappa shape index (κ3) is 5.59. The van der Waals surface area contributed by atoms with Crippen LogP contribution in [0.4, 0.5) is 0 Å². The summed E-state index contributed by atoms with van der Waals surface area (Å²) in [7, 11) is 0. The molecule has 0 saturated heterocycles. The molecule has 6 heteroatoms. The number of benzene rings is 1. The first kappa shape index (κ1) is 16.5. The van der Waals surface area contributed by atoms with Crippen molar-refractivity contribution in [3.63, 3.8) is 0 Å². The zero-order chi connectivity index (χ0) is 12.0. The topological polar surface area (TPSA) is 63.6 Å². The molecule has 0 heterocycles. The molecule has 1 aromatic carbocycles. The van der Waals surface area contributed by atoms with Gasteiger partial charge in [-0.1, -0.05) is 13.0 Å². The average Bonchev–Trinajstić information content (AvgIpc) is 2.29. The Balaban J connectivity index is 0. The van der Waals surface area contributed by atoms with Gasteiger partial charge in [0.1, 0.15) is 0 Å². The van der Waals surface area contributed by atoms with Gasteiger partial charge in [-0.25, -0.2) is 9.59 Å². The van der Waals surface area contributed by atoms with Crippen LogP contribution in [0.1, 0.15) is 35.5 Å². The van der Waals surface area contributed by atoms with E-state index in [0.29, 0.717) is 0 Å². The van der Waals surface area contributed by atoms with Crippen molar-refractivity contribution < 1.29 is 49.9 Å². The largest absolute Gasteiger partial charge is 1.00 e. The minimum Gasteiger partial charge on any atom is -1.00 e. The molecule has 0 unspecified atom stereocenters. The first-order valence-electron chi connectivity index (χ1n) is 4.82. The number of carboxylic acids is 1. The molecule has 0 spiro atoms. The van der Waals surface area contributed by atoms with Gasteiger partial charge in [0.25, 0.3) is 0 Å². The monoisotopic (exact) mass is 264 g/mol. The maximum absolute atomic E-state index is 11.5. The molecule has 17 heavy (non-hydrogen) atoms. The molecule has 4 nitrogen and oxygen atoms in total. The van der Waals surface area contributed by atoms with Crippen molar-refractivity contribution in [1.82, 2.24) is 0 Å². The van der Waals surface area contributed by atoms with E-state index < -0.39 is 11.9 Å². The second-order valence-corrected chi connectivity index (χ2v) is 3.89. The van der Waals surface area contributed by atoms with Crippen LogP contribution in [0.2, 0.25) is 0 Å². The van der Waals surface area contributed by atoms with Crippen LogP contribution < -0.4 is 29.6 Å². The van der Waals surface area contributed by atoms with Crippen molar-refractivity contribution in [1.29, 1.82) is 0 Å². The maximum atomic E-state index is 11.5. The smallest absolute Gasteiger partial charge is 1.00 e. The van der Waals surface area contributed by atoms with E-state index in [-0.39, 0.29) is 42.1 Å². The summed E-state index contributed by atoms with van der Waals surface area (Å²) in [5.41, 5.74) is 0.332. The summed E-state index contributed by atoms with van der Waals surface area (Å²) >= 11 is 1.07. The number of aromatic carboxylic acids is 1. The van der Waals surface area contributed by atoms with Crippen molar-refractivity contribution in [2.24, 2.45) is 0 Å². The van der Waals surface area contributed by atoms with Crippen LogP contribution in [0.5, 0.6) is 0 Å². The molecule has 0 radical (unpaired) electrons. The molecule has 1 rings (SSSR count). The van der Waals surface area contributed by atoms with E-state index >= 15 is 0 Å². The van der Waals surface area contributed by atoms with Gasteiger partial charge >= 0.3 is 41.5 Å². The zero-order valence-electron chi connectivity index (χ0n) is 10.8. The van der Waals surface area contributed by atoms with Crippen molar-refractivity contribution in [2.75, 3.05) is 5.75 Å². The predicted molar refractivity (Wildman–Crippen MR) is 62.7 cm³/mol. The van der Waals surface area contributed by atoms with Gasteiger partial charge in [0.05, 0.1) is 23.2 Å². The van der Waals surface area contributed by atoms with Gasteiger partial charge in [0.2, 0.25) is 0 Å². The van der Waals surface area contributed by atoms with Crippen LogP contribution in [0.3, 0.4) is 0 Å². The molecule has 0 saturated carbocycles. The van der Waals surface area contributed by atoms with Gasteiger partial charge < -0.3 is 10.7 Å². The molecule has 0 aliphatic carbocycles. The zero-order valence-corrected chi connectivity index (χ0v) is 12.6. The second-order valence-electron chi connectivity index (χ2n) is 3.08. The molecule has 0 atom stereocenters. The van der Waals surface area contributed by atoms with Crippen molar-refractivity contribution >= 4 is 24.0 Å². The normalized spacial score (nSPS) is 9.24. The number of hydrogen-bond donors (Lipinski definition) is 1. The van der Waals surface area contributed by atoms with Crippen molar-refractivity contribution in [2.45, 2.75) is 13.3 Å². The third-order valence-electron chi connectivity index (χ3n) is 1.77. The van der Waals surface area contributed by atoms with Gasteiger partial charge in [-0.3, -0.25) is 0 Å². The Morgan fingerprint density at radius 2 is 2.06 bits per heavy atom. The number of carbonyl (C=O) groups is 2. The SMILES string of the molecule is CCCSOC(=O)c1cccc(C(=O)O)c1.[H-].[Na+]. The van der Waals surface area contributed by atoms with Crippen molar-refractivity contribution in [3.8, 4) is 0 Å². The summed E-state index contributed by atoms with van der Waals surface area (Å²) < 4.78 is 4.89. The van der Waals surface area contributed by atoms with E-state index in [4.69, 9.17) is 9.29 Å². The first-order chi connectivity index (χ1) is 7.65. The van der Waals surface area contributed by atoms with Crippen LogP contribution in [0, 0.1) is 0 Å². The number of hydrogen-bond acceptors (Lipinski definition) is 4. The summed E-state index contributed by atoms with van der Waals surface area (Å²) in [5, 5.41) is 8.75. The molecule has 0 aliphatic rings. The minimum atomic E-state index is -1.06. The van der Waals surface area contributed by atoms with E-state index in [0.717, 1.165) is 24.2 Å². The fourth-order valence-corrected chi connectivity index (χ4v) is 1.46. The van der Waals surface area contributed by atoms with E-state index in [1.807, 2.05) is 6.92 Å². The molecule has 0 aliphatic heterocycles. The first-order valence-corrected chi connectivity index (χ1v) is 5.73. The van der Waals surface area contributed by atoms with Crippen molar-refractivity contribution in [3.05, 3.63) is 35.4 Å². The molecule has 1 N–H and O–H groups in total. The van der Waals surface area contributed by atoms with Gasteiger partial charge in [0.15, 0.2) is 0 Å². The quantitative estimate of drug-likeness (QED) is 0.450. The maximum Gasteiger partial charge on any atom is 1.00 e. The van der Waals surface area contributed by atoms with Crippen LogP contribution in [-0.2, 0) is 4.18 Å². The van der Waals surface area contributed by atoms with E-state index in [1.165, 1.54) is 24.3 Å². The molecule has 0 bridgehead atoms. The Bertz CT molecular complexity index is 400. The van der Waals surface area contributed by atoms with Gasteiger partial charge in [-0.2, -0.15) is 0 Å². The van der Waals surface area contributed by atoms with Crippen LogP contribution in [0.25, 0.3) is 0 Å². The van der Waals surface area contributed by atoms with Crippen LogP contribution in [0.15, 0.2) is 24.3 Å². The molecular weight excluding hydrogens is 251 g/mol. The molecule has 0 fully saturated rings. The molecule has 0 amide bonds. The standard InChI is InChI=1S/C11H12O4S.Na.H/c1-2-6-16-15-11(14)9-5-3-4-8(7-9)10(12)13;;/h3-5,7H,2,6H2,1H3,(H,12,13);;/q;+1;-1. The average molecular weight is 264 g/mol. The number of carboxylic acid groups (broad SMARTS) is 1. The van der Waals surface area contributed by atoms with E-state index in [1.54, 1.807) is 0 Å². The fraction of sp³-hybridized carbons (Fsp3) is 0.273. The summed E-state index contributed by atoms with van der Waals surface area (Å²) in [6.07, 6.45) is 0.910. The van der Waals surface area contributed by atoms with Gasteiger partial charge in [-0.05, 0) is 24.6 Å². The number of rotatable bonds is 5. The van der Waals surface area contributed by atoms with E-state index in [9.17, 15) is 9.59 Å². The van der Waals surface area contributed by atoms with Gasteiger partial charge in [-0.15, -0.1) is 0 Å². The molecule has 1 aromatic rings. The Morgan fingerprint density at radius 1 is 1.41 bits per heavy atom. The van der Waals surface area contributed by atoms with E-state index in [2.05, 4.69) is 0 Å². The molecule has 0 aromatic heterocycles. The second kappa shape index (κ2) is 8.58. The summed E-state index contributed by atoms with van der Waals surface area (Å²) in [4.78, 5) is 22.1. The fourth-order valence-electron chi connectivity index (χ4n) is 1.01. The molecule has 88 valence electrons. The third-order valence-corrected chi connectivity index (χ3v) is 2.61.